The molecule has 21 heavy (non-hydrogen) atoms. The van der Waals surface area contributed by atoms with Crippen LogP contribution in [0.5, 0.6) is 0 Å². The molecule has 0 bridgehead atoms. The monoisotopic (exact) mass is 314 g/mol. The molecule has 1 aromatic carbocycles. The molecule has 0 aliphatic heterocycles. The molecule has 1 unspecified atom stereocenters. The molecule has 4 heteroatoms. The van der Waals surface area contributed by atoms with Crippen LogP contribution >= 0.6 is 22.7 Å². The fraction of sp³-hybridized carbons (Fsp3) is 0.235. The molecule has 0 aliphatic carbocycles. The summed E-state index contributed by atoms with van der Waals surface area (Å²) in [7, 11) is 2.03. The average Bonchev–Trinajstić information content (AvgIpc) is 3.19. The lowest BCUT2D eigenvalue weighted by Gasteiger charge is -2.13. The molecule has 2 nitrogen and oxygen atoms in total. The number of aromatic nitrogens is 1. The molecule has 0 saturated carbocycles. The van der Waals surface area contributed by atoms with E-state index in [0.29, 0.717) is 6.04 Å². The van der Waals surface area contributed by atoms with Gasteiger partial charge in [0.05, 0.1) is 10.7 Å². The van der Waals surface area contributed by atoms with E-state index >= 15 is 0 Å². The summed E-state index contributed by atoms with van der Waals surface area (Å²) in [6.07, 6.45) is 2.04. The standard InChI is InChI=1S/C17H18N2S2/c1-18-14(10-15-8-5-9-20-15)11-17-19-16(12-21-17)13-6-3-2-4-7-13/h2-9,12,14,18H,10-11H2,1H3. The van der Waals surface area contributed by atoms with E-state index in [1.807, 2.05) is 24.5 Å². The fourth-order valence-electron chi connectivity index (χ4n) is 2.30. The van der Waals surface area contributed by atoms with Gasteiger partial charge in [0.25, 0.3) is 0 Å². The number of rotatable bonds is 6. The Hall–Kier alpha value is -1.49. The molecular formula is C17H18N2S2. The molecule has 3 aromatic rings. The molecule has 0 amide bonds. The first-order chi connectivity index (χ1) is 10.3. The van der Waals surface area contributed by atoms with E-state index in [4.69, 9.17) is 4.98 Å². The normalized spacial score (nSPS) is 12.4. The second kappa shape index (κ2) is 6.98. The Balaban J connectivity index is 1.68. The average molecular weight is 314 g/mol. The number of benzene rings is 1. The van der Waals surface area contributed by atoms with Gasteiger partial charge in [-0.25, -0.2) is 4.98 Å². The number of hydrogen-bond donors (Lipinski definition) is 1. The van der Waals surface area contributed by atoms with Crippen molar-refractivity contribution in [3.8, 4) is 11.3 Å². The SMILES string of the molecule is CNC(Cc1cccs1)Cc1nc(-c2ccccc2)cs1. The molecule has 1 atom stereocenters. The van der Waals surface area contributed by atoms with Crippen molar-refractivity contribution in [1.82, 2.24) is 10.3 Å². The lowest BCUT2D eigenvalue weighted by Crippen LogP contribution is -2.29. The quantitative estimate of drug-likeness (QED) is 0.736. The van der Waals surface area contributed by atoms with Gasteiger partial charge in [0.15, 0.2) is 0 Å². The molecule has 1 N–H and O–H groups in total. The van der Waals surface area contributed by atoms with Crippen molar-refractivity contribution in [2.45, 2.75) is 18.9 Å². The molecule has 2 aromatic heterocycles. The fourth-order valence-corrected chi connectivity index (χ4v) is 3.98. The summed E-state index contributed by atoms with van der Waals surface area (Å²) in [6, 6.07) is 15.1. The summed E-state index contributed by atoms with van der Waals surface area (Å²) < 4.78 is 0. The molecule has 3 rings (SSSR count). The Kier molecular flexibility index (Phi) is 4.80. The van der Waals surface area contributed by atoms with Crippen LogP contribution in [0.3, 0.4) is 0 Å². The van der Waals surface area contributed by atoms with Crippen LogP contribution in [0.25, 0.3) is 11.3 Å². The van der Waals surface area contributed by atoms with Gasteiger partial charge in [-0.3, -0.25) is 0 Å². The zero-order valence-corrected chi connectivity index (χ0v) is 13.6. The maximum atomic E-state index is 4.78. The first kappa shape index (κ1) is 14.4. The summed E-state index contributed by atoms with van der Waals surface area (Å²) in [5.41, 5.74) is 2.28. The first-order valence-corrected chi connectivity index (χ1v) is 8.80. The van der Waals surface area contributed by atoms with Crippen LogP contribution in [0, 0.1) is 0 Å². The number of nitrogens with zero attached hydrogens (tertiary/aromatic N) is 1. The largest absolute Gasteiger partial charge is 0.316 e. The van der Waals surface area contributed by atoms with Crippen LogP contribution in [0.2, 0.25) is 0 Å². The van der Waals surface area contributed by atoms with Gasteiger partial charge in [-0.15, -0.1) is 22.7 Å². The Labute approximate surface area is 133 Å². The minimum atomic E-state index is 0.443. The highest BCUT2D eigenvalue weighted by Crippen LogP contribution is 2.23. The van der Waals surface area contributed by atoms with Gasteiger partial charge in [0, 0.05) is 28.3 Å². The van der Waals surface area contributed by atoms with E-state index in [9.17, 15) is 0 Å². The predicted molar refractivity (Wildman–Crippen MR) is 92.1 cm³/mol. The van der Waals surface area contributed by atoms with Crippen molar-refractivity contribution in [2.75, 3.05) is 7.05 Å². The summed E-state index contributed by atoms with van der Waals surface area (Å²) in [5, 5.41) is 8.90. The summed E-state index contributed by atoms with van der Waals surface area (Å²) in [4.78, 5) is 6.20. The van der Waals surface area contributed by atoms with E-state index in [1.165, 1.54) is 15.4 Å². The minimum absolute atomic E-state index is 0.443. The number of likely N-dealkylation sites (N-methyl/N-ethyl adjacent to an activating group) is 1. The third-order valence-corrected chi connectivity index (χ3v) is 5.25. The molecule has 2 heterocycles. The molecule has 0 fully saturated rings. The molecule has 0 spiro atoms. The van der Waals surface area contributed by atoms with Crippen molar-refractivity contribution >= 4 is 22.7 Å². The van der Waals surface area contributed by atoms with Crippen LogP contribution in [0.4, 0.5) is 0 Å². The van der Waals surface area contributed by atoms with Gasteiger partial charge in [0.2, 0.25) is 0 Å². The number of hydrogen-bond acceptors (Lipinski definition) is 4. The smallest absolute Gasteiger partial charge is 0.0948 e. The highest BCUT2D eigenvalue weighted by molar-refractivity contribution is 7.10. The molecule has 0 aliphatic rings. The zero-order valence-electron chi connectivity index (χ0n) is 12.0. The third-order valence-electron chi connectivity index (χ3n) is 3.48. The van der Waals surface area contributed by atoms with Gasteiger partial charge in [-0.1, -0.05) is 36.4 Å². The maximum Gasteiger partial charge on any atom is 0.0948 e. The van der Waals surface area contributed by atoms with Gasteiger partial charge in [-0.05, 0) is 24.9 Å². The van der Waals surface area contributed by atoms with Gasteiger partial charge in [-0.2, -0.15) is 0 Å². The molecular weight excluding hydrogens is 296 g/mol. The van der Waals surface area contributed by atoms with Crippen LogP contribution in [-0.2, 0) is 12.8 Å². The second-order valence-electron chi connectivity index (χ2n) is 4.97. The summed E-state index contributed by atoms with van der Waals surface area (Å²) in [5.74, 6) is 0. The molecule has 108 valence electrons. The van der Waals surface area contributed by atoms with E-state index in [0.717, 1.165) is 18.5 Å². The topological polar surface area (TPSA) is 24.9 Å². The first-order valence-electron chi connectivity index (χ1n) is 7.04. The summed E-state index contributed by atoms with van der Waals surface area (Å²) in [6.45, 7) is 0. The predicted octanol–water partition coefficient (Wildman–Crippen LogP) is 4.24. The number of nitrogens with one attached hydrogen (secondary N) is 1. The Bertz CT molecular complexity index is 659. The van der Waals surface area contributed by atoms with E-state index in [-0.39, 0.29) is 0 Å². The highest BCUT2D eigenvalue weighted by atomic mass is 32.1. The lowest BCUT2D eigenvalue weighted by atomic mass is 10.1. The Morgan fingerprint density at radius 3 is 2.62 bits per heavy atom. The van der Waals surface area contributed by atoms with Crippen molar-refractivity contribution in [2.24, 2.45) is 0 Å². The maximum absolute atomic E-state index is 4.78. The van der Waals surface area contributed by atoms with E-state index in [1.54, 1.807) is 11.3 Å². The highest BCUT2D eigenvalue weighted by Gasteiger charge is 2.12. The molecule has 0 saturated heterocycles. The van der Waals surface area contributed by atoms with Crippen LogP contribution in [-0.4, -0.2) is 18.1 Å². The summed E-state index contributed by atoms with van der Waals surface area (Å²) >= 11 is 3.58. The second-order valence-corrected chi connectivity index (χ2v) is 6.94. The van der Waals surface area contributed by atoms with Crippen molar-refractivity contribution in [3.63, 3.8) is 0 Å². The van der Waals surface area contributed by atoms with Crippen molar-refractivity contribution < 1.29 is 0 Å². The van der Waals surface area contributed by atoms with Crippen molar-refractivity contribution in [3.05, 3.63) is 63.1 Å². The van der Waals surface area contributed by atoms with Crippen LogP contribution < -0.4 is 5.32 Å². The number of thiophene rings is 1. The van der Waals surface area contributed by atoms with Crippen LogP contribution in [0.15, 0.2) is 53.2 Å². The Morgan fingerprint density at radius 1 is 1.05 bits per heavy atom. The third kappa shape index (κ3) is 3.79. The lowest BCUT2D eigenvalue weighted by molar-refractivity contribution is 0.559. The molecule has 0 radical (unpaired) electrons. The van der Waals surface area contributed by atoms with E-state index in [2.05, 4.69) is 52.5 Å². The zero-order chi connectivity index (χ0) is 14.5. The van der Waals surface area contributed by atoms with Crippen LogP contribution in [0.1, 0.15) is 9.88 Å². The van der Waals surface area contributed by atoms with Gasteiger partial charge in [0.1, 0.15) is 0 Å². The van der Waals surface area contributed by atoms with E-state index < -0.39 is 0 Å². The minimum Gasteiger partial charge on any atom is -0.316 e. The van der Waals surface area contributed by atoms with Gasteiger partial charge >= 0.3 is 0 Å². The van der Waals surface area contributed by atoms with Gasteiger partial charge < -0.3 is 5.32 Å². The Morgan fingerprint density at radius 2 is 1.90 bits per heavy atom. The number of thiazole rings is 1. The van der Waals surface area contributed by atoms with Crippen molar-refractivity contribution in [1.29, 1.82) is 0 Å².